The number of amides is 1. The van der Waals surface area contributed by atoms with Crippen molar-refractivity contribution in [2.45, 2.75) is 24.9 Å². The average Bonchev–Trinajstić information content (AvgIpc) is 2.85. The zero-order valence-electron chi connectivity index (χ0n) is 12.2. The molecule has 1 aromatic rings. The van der Waals surface area contributed by atoms with Gasteiger partial charge in [0.1, 0.15) is 5.54 Å². The molecule has 0 aliphatic carbocycles. The lowest BCUT2D eigenvalue weighted by atomic mass is 9.95. The number of pyridine rings is 1. The Hall–Kier alpha value is -0.880. The molecule has 1 aromatic heterocycles. The van der Waals surface area contributed by atoms with Crippen LogP contribution in [0.25, 0.3) is 0 Å². The smallest absolute Gasteiger partial charge is 0.242 e. The predicted molar refractivity (Wildman–Crippen MR) is 82.6 cm³/mol. The number of ether oxygens (including phenoxy) is 1. The van der Waals surface area contributed by atoms with Crippen LogP contribution in [-0.4, -0.2) is 48.6 Å². The highest BCUT2D eigenvalue weighted by Crippen LogP contribution is 2.32. The quantitative estimate of drug-likeness (QED) is 0.897. The summed E-state index contributed by atoms with van der Waals surface area (Å²) in [6.07, 6.45) is 3.25. The molecule has 1 saturated heterocycles. The molecule has 1 atom stereocenters. The number of carbonyl (C=O) groups is 1. The van der Waals surface area contributed by atoms with Gasteiger partial charge < -0.3 is 10.1 Å². The SMILES string of the molecule is CNC(=O)C1(COC)CCCN1Cc1ncc(Cl)cc1Cl. The van der Waals surface area contributed by atoms with Crippen molar-refractivity contribution in [2.24, 2.45) is 0 Å². The van der Waals surface area contributed by atoms with Gasteiger partial charge in [-0.1, -0.05) is 23.2 Å². The van der Waals surface area contributed by atoms with E-state index in [-0.39, 0.29) is 5.91 Å². The van der Waals surface area contributed by atoms with E-state index in [0.717, 1.165) is 19.4 Å². The van der Waals surface area contributed by atoms with Gasteiger partial charge >= 0.3 is 0 Å². The molecule has 21 heavy (non-hydrogen) atoms. The van der Waals surface area contributed by atoms with Crippen molar-refractivity contribution in [3.63, 3.8) is 0 Å². The van der Waals surface area contributed by atoms with Gasteiger partial charge in [-0.05, 0) is 25.5 Å². The van der Waals surface area contributed by atoms with E-state index in [1.807, 2.05) is 0 Å². The van der Waals surface area contributed by atoms with Gasteiger partial charge in [-0.25, -0.2) is 0 Å². The molecule has 1 N–H and O–H groups in total. The Morgan fingerprint density at radius 1 is 1.57 bits per heavy atom. The van der Waals surface area contributed by atoms with Crippen LogP contribution >= 0.6 is 23.2 Å². The van der Waals surface area contributed by atoms with E-state index in [1.165, 1.54) is 0 Å². The highest BCUT2D eigenvalue weighted by molar-refractivity contribution is 6.34. The number of nitrogens with one attached hydrogen (secondary N) is 1. The van der Waals surface area contributed by atoms with Crippen LogP contribution in [0.4, 0.5) is 0 Å². The fraction of sp³-hybridized carbons (Fsp3) is 0.571. The van der Waals surface area contributed by atoms with Gasteiger partial charge in [0.05, 0.1) is 22.3 Å². The van der Waals surface area contributed by atoms with Gasteiger partial charge in [0.25, 0.3) is 0 Å². The summed E-state index contributed by atoms with van der Waals surface area (Å²) in [5, 5.41) is 3.75. The van der Waals surface area contributed by atoms with Crippen LogP contribution in [0, 0.1) is 0 Å². The summed E-state index contributed by atoms with van der Waals surface area (Å²) >= 11 is 12.1. The van der Waals surface area contributed by atoms with E-state index in [0.29, 0.717) is 28.9 Å². The molecule has 1 amide bonds. The number of methoxy groups -OCH3 is 1. The van der Waals surface area contributed by atoms with Crippen molar-refractivity contribution in [3.8, 4) is 0 Å². The summed E-state index contributed by atoms with van der Waals surface area (Å²) in [4.78, 5) is 18.7. The minimum Gasteiger partial charge on any atom is -0.382 e. The minimum atomic E-state index is -0.659. The van der Waals surface area contributed by atoms with Gasteiger partial charge in [-0.15, -0.1) is 0 Å². The Labute approximate surface area is 134 Å². The lowest BCUT2D eigenvalue weighted by molar-refractivity contribution is -0.135. The minimum absolute atomic E-state index is 0.0352. The summed E-state index contributed by atoms with van der Waals surface area (Å²) in [5.74, 6) is -0.0352. The van der Waals surface area contributed by atoms with E-state index in [2.05, 4.69) is 15.2 Å². The number of carbonyl (C=O) groups excluding carboxylic acids is 1. The first-order valence-electron chi connectivity index (χ1n) is 6.79. The zero-order chi connectivity index (χ0) is 15.5. The van der Waals surface area contributed by atoms with E-state index in [1.54, 1.807) is 26.4 Å². The summed E-state index contributed by atoms with van der Waals surface area (Å²) in [6, 6.07) is 1.67. The molecule has 5 nitrogen and oxygen atoms in total. The molecule has 0 radical (unpaired) electrons. The molecular weight excluding hydrogens is 313 g/mol. The average molecular weight is 332 g/mol. The first-order chi connectivity index (χ1) is 10.0. The maximum absolute atomic E-state index is 12.4. The Bertz CT molecular complexity index is 527. The highest BCUT2D eigenvalue weighted by atomic mass is 35.5. The molecular formula is C14H19Cl2N3O2. The normalized spacial score (nSPS) is 22.5. The van der Waals surface area contributed by atoms with Crippen LogP contribution in [-0.2, 0) is 16.1 Å². The third-order valence-corrected chi connectivity index (χ3v) is 4.42. The Kier molecular flexibility index (Phi) is 5.43. The zero-order valence-corrected chi connectivity index (χ0v) is 13.7. The van der Waals surface area contributed by atoms with Gasteiger partial charge in [-0.3, -0.25) is 14.7 Å². The first kappa shape index (κ1) is 16.5. The van der Waals surface area contributed by atoms with Crippen molar-refractivity contribution < 1.29 is 9.53 Å². The molecule has 0 saturated carbocycles. The molecule has 116 valence electrons. The lowest BCUT2D eigenvalue weighted by Crippen LogP contribution is -2.57. The number of nitrogens with zero attached hydrogens (tertiary/aromatic N) is 2. The van der Waals surface area contributed by atoms with E-state index in [9.17, 15) is 4.79 Å². The third kappa shape index (κ3) is 3.31. The van der Waals surface area contributed by atoms with Gasteiger partial charge in [-0.2, -0.15) is 0 Å². The van der Waals surface area contributed by atoms with Gasteiger partial charge in [0, 0.05) is 26.9 Å². The van der Waals surface area contributed by atoms with Crippen molar-refractivity contribution >= 4 is 29.1 Å². The van der Waals surface area contributed by atoms with Crippen LogP contribution in [0.1, 0.15) is 18.5 Å². The Balaban J connectivity index is 2.26. The van der Waals surface area contributed by atoms with Gasteiger partial charge in [0.2, 0.25) is 5.91 Å². The second-order valence-electron chi connectivity index (χ2n) is 5.15. The standard InChI is InChI=1S/C14H19Cl2N3O2/c1-17-13(20)14(9-21-2)4-3-5-19(14)8-12-11(16)6-10(15)7-18-12/h6-7H,3-5,8-9H2,1-2H3,(H,17,20). The summed E-state index contributed by atoms with van der Waals surface area (Å²) in [6.45, 7) is 1.64. The molecule has 1 unspecified atom stereocenters. The second-order valence-corrected chi connectivity index (χ2v) is 5.99. The largest absolute Gasteiger partial charge is 0.382 e. The van der Waals surface area contributed by atoms with Crippen molar-refractivity contribution in [2.75, 3.05) is 27.3 Å². The maximum atomic E-state index is 12.4. The van der Waals surface area contributed by atoms with Gasteiger partial charge in [0.15, 0.2) is 0 Å². The Morgan fingerprint density at radius 3 is 2.95 bits per heavy atom. The summed E-state index contributed by atoms with van der Waals surface area (Å²) in [7, 11) is 3.25. The summed E-state index contributed by atoms with van der Waals surface area (Å²) < 4.78 is 5.29. The van der Waals surface area contributed by atoms with Crippen molar-refractivity contribution in [1.82, 2.24) is 15.2 Å². The van der Waals surface area contributed by atoms with Crippen LogP contribution in [0.15, 0.2) is 12.3 Å². The highest BCUT2D eigenvalue weighted by Gasteiger charge is 2.47. The first-order valence-corrected chi connectivity index (χ1v) is 7.55. The molecule has 7 heteroatoms. The van der Waals surface area contributed by atoms with Crippen LogP contribution in [0.3, 0.4) is 0 Å². The molecule has 0 bridgehead atoms. The molecule has 1 aliphatic rings. The number of halogens is 2. The van der Waals surface area contributed by atoms with E-state index < -0.39 is 5.54 Å². The molecule has 2 rings (SSSR count). The number of hydrogen-bond acceptors (Lipinski definition) is 4. The number of likely N-dealkylation sites (tertiary alicyclic amines) is 1. The number of likely N-dealkylation sites (N-methyl/N-ethyl adjacent to an activating group) is 1. The monoisotopic (exact) mass is 331 g/mol. The second kappa shape index (κ2) is 6.92. The summed E-state index contributed by atoms with van der Waals surface area (Å²) in [5.41, 5.74) is 0.0566. The van der Waals surface area contributed by atoms with Crippen LogP contribution in [0.5, 0.6) is 0 Å². The topological polar surface area (TPSA) is 54.5 Å². The number of hydrogen-bond donors (Lipinski definition) is 1. The molecule has 1 fully saturated rings. The maximum Gasteiger partial charge on any atom is 0.242 e. The number of aromatic nitrogens is 1. The number of rotatable bonds is 5. The fourth-order valence-corrected chi connectivity index (χ4v) is 3.30. The predicted octanol–water partition coefficient (Wildman–Crippen LogP) is 2.12. The van der Waals surface area contributed by atoms with E-state index >= 15 is 0 Å². The van der Waals surface area contributed by atoms with Crippen LogP contribution in [0.2, 0.25) is 10.0 Å². The Morgan fingerprint density at radius 2 is 2.33 bits per heavy atom. The van der Waals surface area contributed by atoms with Crippen LogP contribution < -0.4 is 5.32 Å². The van der Waals surface area contributed by atoms with Crippen molar-refractivity contribution in [1.29, 1.82) is 0 Å². The molecule has 1 aliphatic heterocycles. The fourth-order valence-electron chi connectivity index (χ4n) is 2.86. The lowest BCUT2D eigenvalue weighted by Gasteiger charge is -2.36. The van der Waals surface area contributed by atoms with Crippen molar-refractivity contribution in [3.05, 3.63) is 28.0 Å². The molecule has 0 spiro atoms. The third-order valence-electron chi connectivity index (χ3n) is 3.88. The molecule has 0 aromatic carbocycles. The van der Waals surface area contributed by atoms with E-state index in [4.69, 9.17) is 27.9 Å². The molecule has 2 heterocycles.